The number of anilines is 1. The Hall–Kier alpha value is -2.51. The van der Waals surface area contributed by atoms with Gasteiger partial charge in [-0.15, -0.1) is 23.7 Å². The van der Waals surface area contributed by atoms with Crippen LogP contribution < -0.4 is 5.32 Å². The number of para-hydroxylation sites is 1. The van der Waals surface area contributed by atoms with Crippen LogP contribution >= 0.6 is 23.7 Å². The van der Waals surface area contributed by atoms with E-state index in [-0.39, 0.29) is 18.3 Å². The summed E-state index contributed by atoms with van der Waals surface area (Å²) >= 11 is 1.45. The van der Waals surface area contributed by atoms with Crippen LogP contribution in [0.4, 0.5) is 5.69 Å². The molecule has 4 aromatic rings. The first-order chi connectivity index (χ1) is 10.7. The fraction of sp³-hybridized carbons (Fsp3) is 0.0667. The average molecular weight is 346 g/mol. The number of amides is 1. The third-order valence-electron chi connectivity index (χ3n) is 3.49. The zero-order valence-electron chi connectivity index (χ0n) is 12.1. The number of rotatable bonds is 2. The van der Waals surface area contributed by atoms with E-state index in [1.807, 2.05) is 29.8 Å². The van der Waals surface area contributed by atoms with Crippen molar-refractivity contribution in [1.29, 1.82) is 0 Å². The van der Waals surface area contributed by atoms with E-state index in [0.29, 0.717) is 16.8 Å². The van der Waals surface area contributed by atoms with Crippen molar-refractivity contribution in [2.75, 3.05) is 5.32 Å². The SMILES string of the molecule is Cl.Cn1cnc2c(NC(=O)c3csc4cncnc34)cccc21. The Balaban J connectivity index is 0.00000156. The number of aryl methyl sites for hydroxylation is 1. The van der Waals surface area contributed by atoms with Crippen molar-refractivity contribution >= 4 is 56.6 Å². The lowest BCUT2D eigenvalue weighted by Gasteiger charge is -2.05. The zero-order chi connectivity index (χ0) is 15.1. The third-order valence-corrected chi connectivity index (χ3v) is 4.39. The minimum Gasteiger partial charge on any atom is -0.334 e. The molecule has 0 fully saturated rings. The normalized spacial score (nSPS) is 10.7. The van der Waals surface area contributed by atoms with Crippen molar-refractivity contribution in [2.24, 2.45) is 7.05 Å². The number of benzene rings is 1. The second-order valence-electron chi connectivity index (χ2n) is 4.87. The first kappa shape index (κ1) is 15.4. The Morgan fingerprint density at radius 1 is 1.26 bits per heavy atom. The maximum absolute atomic E-state index is 12.5. The molecule has 0 spiro atoms. The number of hydrogen-bond acceptors (Lipinski definition) is 5. The van der Waals surface area contributed by atoms with E-state index in [4.69, 9.17) is 0 Å². The van der Waals surface area contributed by atoms with Crippen LogP contribution in [0.1, 0.15) is 10.4 Å². The summed E-state index contributed by atoms with van der Waals surface area (Å²) in [5.74, 6) is -0.192. The summed E-state index contributed by atoms with van der Waals surface area (Å²) < 4.78 is 2.81. The Morgan fingerprint density at radius 2 is 2.13 bits per heavy atom. The molecule has 0 atom stereocenters. The Kier molecular flexibility index (Phi) is 3.97. The van der Waals surface area contributed by atoms with E-state index in [2.05, 4.69) is 20.3 Å². The van der Waals surface area contributed by atoms with Crippen molar-refractivity contribution in [3.63, 3.8) is 0 Å². The molecule has 1 aromatic carbocycles. The smallest absolute Gasteiger partial charge is 0.258 e. The maximum atomic E-state index is 12.5. The van der Waals surface area contributed by atoms with Crippen molar-refractivity contribution in [2.45, 2.75) is 0 Å². The molecule has 0 bridgehead atoms. The summed E-state index contributed by atoms with van der Waals surface area (Å²) in [5, 5.41) is 4.72. The molecule has 1 amide bonds. The topological polar surface area (TPSA) is 72.7 Å². The van der Waals surface area contributed by atoms with Crippen LogP contribution in [-0.2, 0) is 7.05 Å². The standard InChI is InChI=1S/C15H11N5OS.ClH/c1-20-8-18-14-10(3-2-4-11(14)20)19-15(21)9-6-22-12-5-16-7-17-13(9)12;/h2-8H,1H3,(H,19,21);1H. The number of carbonyl (C=O) groups is 1. The van der Waals surface area contributed by atoms with Gasteiger partial charge in [-0.3, -0.25) is 4.79 Å². The lowest BCUT2D eigenvalue weighted by atomic mass is 10.2. The van der Waals surface area contributed by atoms with Crippen LogP contribution in [0, 0.1) is 0 Å². The first-order valence-corrected chi connectivity index (χ1v) is 7.50. The predicted molar refractivity (Wildman–Crippen MR) is 93.3 cm³/mol. The van der Waals surface area contributed by atoms with Crippen molar-refractivity contribution in [1.82, 2.24) is 19.5 Å². The van der Waals surface area contributed by atoms with Gasteiger partial charge < -0.3 is 9.88 Å². The molecule has 4 rings (SSSR count). The van der Waals surface area contributed by atoms with Gasteiger partial charge in [-0.25, -0.2) is 15.0 Å². The summed E-state index contributed by atoms with van der Waals surface area (Å²) in [5.41, 5.74) is 3.65. The number of nitrogens with one attached hydrogen (secondary N) is 1. The molecule has 0 aliphatic heterocycles. The summed E-state index contributed by atoms with van der Waals surface area (Å²) in [6.07, 6.45) is 4.89. The van der Waals surface area contributed by atoms with Gasteiger partial charge in [-0.05, 0) is 12.1 Å². The van der Waals surface area contributed by atoms with Crippen molar-refractivity contribution in [3.05, 3.63) is 48.0 Å². The van der Waals surface area contributed by atoms with Crippen LogP contribution in [-0.4, -0.2) is 25.4 Å². The van der Waals surface area contributed by atoms with E-state index in [1.165, 1.54) is 17.7 Å². The summed E-state index contributed by atoms with van der Waals surface area (Å²) in [4.78, 5) is 25.0. The second kappa shape index (κ2) is 5.94. The highest BCUT2D eigenvalue weighted by Gasteiger charge is 2.15. The third kappa shape index (κ3) is 2.54. The molecule has 8 heteroatoms. The lowest BCUT2D eigenvalue weighted by molar-refractivity contribution is 0.102. The van der Waals surface area contributed by atoms with Crippen LogP contribution in [0.3, 0.4) is 0 Å². The van der Waals surface area contributed by atoms with E-state index in [0.717, 1.165) is 15.7 Å². The first-order valence-electron chi connectivity index (χ1n) is 6.62. The monoisotopic (exact) mass is 345 g/mol. The molecule has 0 radical (unpaired) electrons. The summed E-state index contributed by atoms with van der Waals surface area (Å²) in [6, 6.07) is 5.70. The van der Waals surface area contributed by atoms with Gasteiger partial charge in [0.05, 0.1) is 33.3 Å². The zero-order valence-corrected chi connectivity index (χ0v) is 13.7. The fourth-order valence-electron chi connectivity index (χ4n) is 2.39. The molecule has 0 aliphatic rings. The highest BCUT2D eigenvalue weighted by Crippen LogP contribution is 2.26. The molecule has 116 valence electrons. The summed E-state index contributed by atoms with van der Waals surface area (Å²) in [6.45, 7) is 0. The van der Waals surface area contributed by atoms with Gasteiger partial charge in [-0.1, -0.05) is 6.07 Å². The van der Waals surface area contributed by atoms with E-state index >= 15 is 0 Å². The number of halogens is 1. The molecule has 3 heterocycles. The van der Waals surface area contributed by atoms with Gasteiger partial charge in [0.15, 0.2) is 0 Å². The number of carbonyl (C=O) groups excluding carboxylic acids is 1. The number of aromatic nitrogens is 4. The number of hydrogen-bond donors (Lipinski definition) is 1. The molecule has 0 saturated heterocycles. The van der Waals surface area contributed by atoms with Gasteiger partial charge in [0, 0.05) is 18.6 Å². The van der Waals surface area contributed by atoms with Crippen molar-refractivity contribution < 1.29 is 4.79 Å². The van der Waals surface area contributed by atoms with Gasteiger partial charge in [0.2, 0.25) is 0 Å². The molecule has 0 saturated carbocycles. The second-order valence-corrected chi connectivity index (χ2v) is 5.78. The number of imidazole rings is 1. The van der Waals surface area contributed by atoms with E-state index < -0.39 is 0 Å². The lowest BCUT2D eigenvalue weighted by Crippen LogP contribution is -2.12. The predicted octanol–water partition coefficient (Wildman–Crippen LogP) is 3.25. The minimum atomic E-state index is -0.192. The molecule has 0 unspecified atom stereocenters. The number of thiophene rings is 1. The van der Waals surface area contributed by atoms with E-state index in [9.17, 15) is 4.79 Å². The molecular formula is C15H12ClN5OS. The van der Waals surface area contributed by atoms with E-state index in [1.54, 1.807) is 17.9 Å². The highest BCUT2D eigenvalue weighted by atomic mass is 35.5. The Labute approximate surface area is 141 Å². The largest absolute Gasteiger partial charge is 0.334 e. The van der Waals surface area contributed by atoms with Crippen molar-refractivity contribution in [3.8, 4) is 0 Å². The van der Waals surface area contributed by atoms with Gasteiger partial charge in [0.25, 0.3) is 5.91 Å². The molecule has 3 aromatic heterocycles. The quantitative estimate of drug-likeness (QED) is 0.605. The highest BCUT2D eigenvalue weighted by molar-refractivity contribution is 7.17. The Morgan fingerprint density at radius 3 is 3.00 bits per heavy atom. The molecule has 1 N–H and O–H groups in total. The van der Waals surface area contributed by atoms with Crippen LogP contribution in [0.5, 0.6) is 0 Å². The van der Waals surface area contributed by atoms with Gasteiger partial charge in [0.1, 0.15) is 11.8 Å². The molecule has 23 heavy (non-hydrogen) atoms. The Bertz CT molecular complexity index is 1010. The maximum Gasteiger partial charge on any atom is 0.258 e. The van der Waals surface area contributed by atoms with Crippen LogP contribution in [0.15, 0.2) is 42.4 Å². The van der Waals surface area contributed by atoms with Gasteiger partial charge >= 0.3 is 0 Å². The number of fused-ring (bicyclic) bond motifs is 2. The average Bonchev–Trinajstić information content (AvgIpc) is 3.12. The number of nitrogens with zero attached hydrogens (tertiary/aromatic N) is 4. The minimum absolute atomic E-state index is 0. The molecule has 0 aliphatic carbocycles. The summed E-state index contributed by atoms with van der Waals surface area (Å²) in [7, 11) is 1.92. The van der Waals surface area contributed by atoms with Gasteiger partial charge in [-0.2, -0.15) is 0 Å². The molecular weight excluding hydrogens is 334 g/mol. The fourth-order valence-corrected chi connectivity index (χ4v) is 3.25. The molecule has 6 nitrogen and oxygen atoms in total. The van der Waals surface area contributed by atoms with Crippen LogP contribution in [0.25, 0.3) is 21.3 Å². The van der Waals surface area contributed by atoms with Crippen LogP contribution in [0.2, 0.25) is 0 Å².